The van der Waals surface area contributed by atoms with Crippen LogP contribution in [0, 0.1) is 0 Å². The van der Waals surface area contributed by atoms with Gasteiger partial charge in [0.2, 0.25) is 0 Å². The molecule has 1 aliphatic carbocycles. The van der Waals surface area contributed by atoms with Crippen molar-refractivity contribution in [3.8, 4) is 0 Å². The van der Waals surface area contributed by atoms with Crippen molar-refractivity contribution in [1.82, 2.24) is 4.90 Å². The minimum atomic E-state index is 1.11. The fourth-order valence-corrected chi connectivity index (χ4v) is 1.61. The van der Waals surface area contributed by atoms with Gasteiger partial charge in [-0.2, -0.15) is 0 Å². The molecule has 0 radical (unpaired) electrons. The minimum Gasteiger partial charge on any atom is -0.313 e. The number of allylic oxidation sites excluding steroid dienone is 5. The Hall–Kier alpha value is -1.24. The van der Waals surface area contributed by atoms with Gasteiger partial charge in [-0.05, 0) is 24.1 Å². The molecule has 0 atom stereocenters. The fraction of sp³-hybridized carbons (Fsp3) is 0.111. The highest BCUT2D eigenvalue weighted by Gasteiger charge is 2.34. The Balaban J connectivity index is 2.21. The van der Waals surface area contributed by atoms with Crippen LogP contribution >= 0.6 is 0 Å². The molecule has 2 heterocycles. The summed E-state index contributed by atoms with van der Waals surface area (Å²) < 4.78 is 0. The van der Waals surface area contributed by atoms with Crippen molar-refractivity contribution in [2.24, 2.45) is 0 Å². The summed E-state index contributed by atoms with van der Waals surface area (Å²) in [6.45, 7) is 0. The van der Waals surface area contributed by atoms with Gasteiger partial charge in [-0.25, -0.2) is 0 Å². The Morgan fingerprint density at radius 1 is 1.40 bits per heavy atom. The molecule has 0 aromatic heterocycles. The third-order valence-electron chi connectivity index (χ3n) is 2.14. The molecule has 2 aliphatic heterocycles. The standard InChI is InChI=1S/C9H7N/c1-3-7-4-2-6-10-8(5-1)9(7)10/h1-2,4-6H,3H2. The van der Waals surface area contributed by atoms with Crippen molar-refractivity contribution in [2.75, 3.05) is 0 Å². The average Bonchev–Trinajstić information content (AvgIpc) is 2.68. The van der Waals surface area contributed by atoms with E-state index in [-0.39, 0.29) is 0 Å². The van der Waals surface area contributed by atoms with Crippen LogP contribution in [0.25, 0.3) is 0 Å². The number of hydrogen-bond donors (Lipinski definition) is 0. The Morgan fingerprint density at radius 3 is 3.30 bits per heavy atom. The maximum Gasteiger partial charge on any atom is 0.0733 e. The Bertz CT molecular complexity index is 316. The zero-order valence-electron chi connectivity index (χ0n) is 5.54. The lowest BCUT2D eigenvalue weighted by molar-refractivity contribution is 0.769. The first kappa shape index (κ1) is 4.56. The van der Waals surface area contributed by atoms with E-state index in [4.69, 9.17) is 0 Å². The van der Waals surface area contributed by atoms with Crippen LogP contribution in [0.3, 0.4) is 0 Å². The van der Waals surface area contributed by atoms with Crippen molar-refractivity contribution >= 4 is 0 Å². The van der Waals surface area contributed by atoms with Crippen LogP contribution in [-0.4, -0.2) is 4.90 Å². The summed E-state index contributed by atoms with van der Waals surface area (Å²) in [7, 11) is 0. The molecule has 0 N–H and O–H groups in total. The van der Waals surface area contributed by atoms with Crippen molar-refractivity contribution < 1.29 is 0 Å². The van der Waals surface area contributed by atoms with Gasteiger partial charge in [-0.15, -0.1) is 0 Å². The summed E-state index contributed by atoms with van der Waals surface area (Å²) in [5.41, 5.74) is 4.32. The lowest BCUT2D eigenvalue weighted by Crippen LogP contribution is -1.93. The number of rotatable bonds is 0. The molecule has 0 aromatic rings. The molecule has 0 aromatic carbocycles. The second kappa shape index (κ2) is 1.26. The van der Waals surface area contributed by atoms with Crippen molar-refractivity contribution in [3.63, 3.8) is 0 Å². The lowest BCUT2D eigenvalue weighted by Gasteiger charge is -2.04. The Morgan fingerprint density at radius 2 is 2.40 bits per heavy atom. The van der Waals surface area contributed by atoms with E-state index in [1.165, 1.54) is 17.0 Å². The van der Waals surface area contributed by atoms with Gasteiger partial charge < -0.3 is 4.90 Å². The van der Waals surface area contributed by atoms with E-state index in [1.807, 2.05) is 0 Å². The number of fused-ring (bicyclic) bond motifs is 1. The first-order valence-electron chi connectivity index (χ1n) is 3.54. The van der Waals surface area contributed by atoms with E-state index < -0.39 is 0 Å². The van der Waals surface area contributed by atoms with Crippen LogP contribution in [0.2, 0.25) is 0 Å². The maximum atomic E-state index is 2.23. The molecule has 48 valence electrons. The van der Waals surface area contributed by atoms with E-state index in [9.17, 15) is 0 Å². The molecule has 1 heteroatoms. The molecule has 3 rings (SSSR count). The summed E-state index contributed by atoms with van der Waals surface area (Å²) >= 11 is 0. The molecule has 0 fully saturated rings. The summed E-state index contributed by atoms with van der Waals surface area (Å²) in [5, 5.41) is 0. The second-order valence-electron chi connectivity index (χ2n) is 2.74. The average molecular weight is 129 g/mol. The van der Waals surface area contributed by atoms with Gasteiger partial charge in [-0.1, -0.05) is 12.2 Å². The monoisotopic (exact) mass is 129 g/mol. The van der Waals surface area contributed by atoms with Gasteiger partial charge >= 0.3 is 0 Å². The van der Waals surface area contributed by atoms with Gasteiger partial charge in [0.15, 0.2) is 0 Å². The molecule has 0 bridgehead atoms. The van der Waals surface area contributed by atoms with Crippen LogP contribution < -0.4 is 0 Å². The predicted molar refractivity (Wildman–Crippen MR) is 39.8 cm³/mol. The van der Waals surface area contributed by atoms with Gasteiger partial charge in [0.1, 0.15) is 0 Å². The quantitative estimate of drug-likeness (QED) is 0.483. The molecular weight excluding hydrogens is 122 g/mol. The molecular formula is C9H7N. The van der Waals surface area contributed by atoms with Gasteiger partial charge in [0, 0.05) is 6.20 Å². The Labute approximate surface area is 59.6 Å². The van der Waals surface area contributed by atoms with Crippen LogP contribution in [0.15, 0.2) is 47.5 Å². The molecule has 0 saturated heterocycles. The highest BCUT2D eigenvalue weighted by molar-refractivity contribution is 5.60. The van der Waals surface area contributed by atoms with E-state index in [0.29, 0.717) is 0 Å². The third-order valence-corrected chi connectivity index (χ3v) is 2.14. The smallest absolute Gasteiger partial charge is 0.0733 e. The van der Waals surface area contributed by atoms with Gasteiger partial charge in [-0.3, -0.25) is 0 Å². The second-order valence-corrected chi connectivity index (χ2v) is 2.74. The molecule has 0 saturated carbocycles. The SMILES string of the molecule is C1=CN2C3=C2C(=C1)CC=C3. The van der Waals surface area contributed by atoms with Crippen molar-refractivity contribution in [2.45, 2.75) is 6.42 Å². The third kappa shape index (κ3) is 0.366. The topological polar surface area (TPSA) is 3.01 Å². The van der Waals surface area contributed by atoms with Crippen LogP contribution in [0.5, 0.6) is 0 Å². The normalized spacial score (nSPS) is 24.8. The molecule has 0 unspecified atom stereocenters. The van der Waals surface area contributed by atoms with Crippen LogP contribution in [0.4, 0.5) is 0 Å². The Kier molecular flexibility index (Phi) is 0.575. The first-order valence-corrected chi connectivity index (χ1v) is 3.54. The van der Waals surface area contributed by atoms with E-state index in [0.717, 1.165) is 6.42 Å². The molecule has 0 spiro atoms. The predicted octanol–water partition coefficient (Wildman–Crippen LogP) is 1.93. The zero-order chi connectivity index (χ0) is 6.55. The summed E-state index contributed by atoms with van der Waals surface area (Å²) in [4.78, 5) is 2.23. The van der Waals surface area contributed by atoms with E-state index >= 15 is 0 Å². The first-order chi connectivity index (χ1) is 4.97. The zero-order valence-corrected chi connectivity index (χ0v) is 5.54. The maximum absolute atomic E-state index is 2.23. The van der Waals surface area contributed by atoms with Gasteiger partial charge in [0.25, 0.3) is 0 Å². The summed E-state index contributed by atoms with van der Waals surface area (Å²) in [6.07, 6.45) is 11.9. The molecule has 3 aliphatic rings. The fourth-order valence-electron chi connectivity index (χ4n) is 1.61. The van der Waals surface area contributed by atoms with E-state index in [2.05, 4.69) is 35.4 Å². The van der Waals surface area contributed by atoms with Crippen molar-refractivity contribution in [3.05, 3.63) is 47.5 Å². The lowest BCUT2D eigenvalue weighted by atomic mass is 10.1. The summed E-state index contributed by atoms with van der Waals surface area (Å²) in [6, 6.07) is 0. The van der Waals surface area contributed by atoms with Gasteiger partial charge in [0.05, 0.1) is 11.4 Å². The number of nitrogens with zero attached hydrogens (tertiary/aromatic N) is 1. The van der Waals surface area contributed by atoms with Crippen LogP contribution in [-0.2, 0) is 0 Å². The highest BCUT2D eigenvalue weighted by atomic mass is 15.3. The summed E-state index contributed by atoms with van der Waals surface area (Å²) in [5.74, 6) is 0. The molecule has 0 amide bonds. The number of hydrogen-bond acceptors (Lipinski definition) is 1. The molecule has 10 heavy (non-hydrogen) atoms. The van der Waals surface area contributed by atoms with Crippen LogP contribution in [0.1, 0.15) is 6.42 Å². The van der Waals surface area contributed by atoms with E-state index in [1.54, 1.807) is 0 Å². The molecule has 1 nitrogen and oxygen atoms in total. The minimum absolute atomic E-state index is 1.11. The largest absolute Gasteiger partial charge is 0.313 e. The van der Waals surface area contributed by atoms with Crippen molar-refractivity contribution in [1.29, 1.82) is 0 Å². The highest BCUT2D eigenvalue weighted by Crippen LogP contribution is 2.45.